The van der Waals surface area contributed by atoms with Gasteiger partial charge in [-0.2, -0.15) is 5.10 Å². The Kier molecular flexibility index (Phi) is 4.96. The smallest absolute Gasteiger partial charge is 0.180 e. The zero-order valence-electron chi connectivity index (χ0n) is 17.5. The minimum Gasteiger partial charge on any atom is -0.337 e. The van der Waals surface area contributed by atoms with Gasteiger partial charge in [0.05, 0.1) is 23.8 Å². The molecule has 0 unspecified atom stereocenters. The number of H-pyrrole nitrogens is 1. The number of nitrogens with one attached hydrogen (secondary N) is 2. The van der Waals surface area contributed by atoms with E-state index in [2.05, 4.69) is 54.9 Å². The van der Waals surface area contributed by atoms with E-state index in [4.69, 9.17) is 4.98 Å². The van der Waals surface area contributed by atoms with Crippen molar-refractivity contribution < 1.29 is 0 Å². The molecule has 3 aromatic heterocycles. The number of hydrogen-bond donors (Lipinski definition) is 2. The maximum absolute atomic E-state index is 4.71. The van der Waals surface area contributed by atoms with Gasteiger partial charge in [0.25, 0.3) is 0 Å². The summed E-state index contributed by atoms with van der Waals surface area (Å²) in [6.45, 7) is 7.65. The number of piperidine rings is 1. The summed E-state index contributed by atoms with van der Waals surface area (Å²) in [5.74, 6) is 0.757. The summed E-state index contributed by atoms with van der Waals surface area (Å²) in [4.78, 5) is 11.9. The number of imidazole rings is 1. The van der Waals surface area contributed by atoms with Crippen molar-refractivity contribution in [3.8, 4) is 11.3 Å². The topological polar surface area (TPSA) is 74.1 Å². The molecule has 4 heterocycles. The first-order valence-electron chi connectivity index (χ1n) is 10.6. The lowest BCUT2D eigenvalue weighted by atomic mass is 10.1. The van der Waals surface area contributed by atoms with Crippen LogP contribution in [-0.2, 0) is 6.54 Å². The molecule has 154 valence electrons. The lowest BCUT2D eigenvalue weighted by Crippen LogP contribution is -2.29. The average Bonchev–Trinajstić information content (AvgIpc) is 3.40. The van der Waals surface area contributed by atoms with Gasteiger partial charge in [0.1, 0.15) is 0 Å². The van der Waals surface area contributed by atoms with Crippen LogP contribution in [0.3, 0.4) is 0 Å². The Morgan fingerprint density at radius 3 is 2.73 bits per heavy atom. The molecule has 2 N–H and O–H groups in total. The van der Waals surface area contributed by atoms with Crippen LogP contribution >= 0.6 is 0 Å². The second kappa shape index (κ2) is 7.91. The SMILES string of the molecule is Cc1cn2c(-c3cn[nH]c3)cnc2c(Nc2ccc(CN3CCCCC3)c(C)c2)n1. The molecule has 1 aliphatic rings. The Morgan fingerprint density at radius 2 is 1.97 bits per heavy atom. The van der Waals surface area contributed by atoms with Crippen LogP contribution in [0.1, 0.15) is 36.1 Å². The van der Waals surface area contributed by atoms with Gasteiger partial charge in [-0.15, -0.1) is 0 Å². The molecule has 30 heavy (non-hydrogen) atoms. The van der Waals surface area contributed by atoms with Crippen LogP contribution in [0.15, 0.2) is 43.0 Å². The fraction of sp³-hybridized carbons (Fsp3) is 0.348. The van der Waals surface area contributed by atoms with Gasteiger partial charge in [-0.05, 0) is 63.0 Å². The molecular formula is C23H27N7. The Hall–Kier alpha value is -3.19. The number of aryl methyl sites for hydroxylation is 2. The standard InChI is InChI=1S/C23H27N7/c1-16-10-20(7-6-18(16)15-29-8-4-3-5-9-29)28-22-23-24-13-21(19-11-25-26-12-19)30(23)14-17(2)27-22/h6-7,10-14H,3-5,8-9,15H2,1-2H3,(H,25,26)(H,27,28). The normalized spacial score (nSPS) is 15.0. The number of benzene rings is 1. The van der Waals surface area contributed by atoms with E-state index >= 15 is 0 Å². The van der Waals surface area contributed by atoms with E-state index < -0.39 is 0 Å². The summed E-state index contributed by atoms with van der Waals surface area (Å²) in [6.07, 6.45) is 11.5. The predicted octanol–water partition coefficient (Wildman–Crippen LogP) is 4.47. The first-order chi connectivity index (χ1) is 14.7. The van der Waals surface area contributed by atoms with Crippen LogP contribution in [0.4, 0.5) is 11.5 Å². The van der Waals surface area contributed by atoms with Crippen molar-refractivity contribution in [3.05, 3.63) is 59.8 Å². The van der Waals surface area contributed by atoms with Crippen molar-refractivity contribution in [1.29, 1.82) is 0 Å². The van der Waals surface area contributed by atoms with Crippen LogP contribution < -0.4 is 5.32 Å². The van der Waals surface area contributed by atoms with Gasteiger partial charge in [-0.3, -0.25) is 14.4 Å². The minimum absolute atomic E-state index is 0.757. The van der Waals surface area contributed by atoms with Crippen LogP contribution in [0.25, 0.3) is 16.9 Å². The Morgan fingerprint density at radius 1 is 1.10 bits per heavy atom. The van der Waals surface area contributed by atoms with Gasteiger partial charge in [0, 0.05) is 30.2 Å². The molecule has 0 amide bonds. The molecule has 1 fully saturated rings. The second-order valence-corrected chi connectivity index (χ2v) is 8.16. The molecule has 4 aromatic rings. The number of fused-ring (bicyclic) bond motifs is 1. The van der Waals surface area contributed by atoms with E-state index in [1.54, 1.807) is 6.20 Å². The third-order valence-electron chi connectivity index (χ3n) is 5.85. The molecule has 1 aromatic carbocycles. The number of anilines is 2. The summed E-state index contributed by atoms with van der Waals surface area (Å²) in [5, 5.41) is 10.4. The van der Waals surface area contributed by atoms with Crippen molar-refractivity contribution in [2.45, 2.75) is 39.7 Å². The molecule has 0 radical (unpaired) electrons. The van der Waals surface area contributed by atoms with E-state index in [-0.39, 0.29) is 0 Å². The summed E-state index contributed by atoms with van der Waals surface area (Å²) >= 11 is 0. The summed E-state index contributed by atoms with van der Waals surface area (Å²) in [7, 11) is 0. The Bertz CT molecular complexity index is 1150. The van der Waals surface area contributed by atoms with Crippen LogP contribution in [0.2, 0.25) is 0 Å². The van der Waals surface area contributed by atoms with Gasteiger partial charge in [0.15, 0.2) is 11.5 Å². The van der Waals surface area contributed by atoms with Crippen molar-refractivity contribution in [2.24, 2.45) is 0 Å². The van der Waals surface area contributed by atoms with Gasteiger partial charge in [-0.1, -0.05) is 12.5 Å². The number of hydrogen-bond acceptors (Lipinski definition) is 5. The molecule has 7 heteroatoms. The average molecular weight is 402 g/mol. The quantitative estimate of drug-likeness (QED) is 0.516. The predicted molar refractivity (Wildman–Crippen MR) is 119 cm³/mol. The third-order valence-corrected chi connectivity index (χ3v) is 5.85. The highest BCUT2D eigenvalue weighted by Crippen LogP contribution is 2.27. The first kappa shape index (κ1) is 18.8. The minimum atomic E-state index is 0.757. The second-order valence-electron chi connectivity index (χ2n) is 8.16. The van der Waals surface area contributed by atoms with Gasteiger partial charge in [0.2, 0.25) is 0 Å². The number of nitrogens with zero attached hydrogens (tertiary/aromatic N) is 5. The number of aromatic amines is 1. The monoisotopic (exact) mass is 401 g/mol. The van der Waals surface area contributed by atoms with Crippen molar-refractivity contribution in [2.75, 3.05) is 18.4 Å². The maximum Gasteiger partial charge on any atom is 0.180 e. The molecule has 7 nitrogen and oxygen atoms in total. The third kappa shape index (κ3) is 3.68. The molecule has 1 aliphatic heterocycles. The van der Waals surface area contributed by atoms with Gasteiger partial charge in [-0.25, -0.2) is 9.97 Å². The molecule has 0 aliphatic carbocycles. The molecule has 1 saturated heterocycles. The van der Waals surface area contributed by atoms with E-state index in [1.807, 2.05) is 25.5 Å². The zero-order valence-corrected chi connectivity index (χ0v) is 17.5. The number of aromatic nitrogens is 5. The Balaban J connectivity index is 1.42. The molecule has 5 rings (SSSR count). The van der Waals surface area contributed by atoms with Gasteiger partial charge < -0.3 is 5.32 Å². The Labute approximate surface area is 176 Å². The largest absolute Gasteiger partial charge is 0.337 e. The van der Waals surface area contributed by atoms with E-state index in [9.17, 15) is 0 Å². The number of rotatable bonds is 5. The first-order valence-corrected chi connectivity index (χ1v) is 10.6. The number of likely N-dealkylation sites (tertiary alicyclic amines) is 1. The van der Waals surface area contributed by atoms with Crippen LogP contribution in [-0.4, -0.2) is 42.6 Å². The van der Waals surface area contributed by atoms with Crippen LogP contribution in [0, 0.1) is 13.8 Å². The molecule has 0 saturated carbocycles. The van der Waals surface area contributed by atoms with E-state index in [0.29, 0.717) is 0 Å². The van der Waals surface area contributed by atoms with Crippen molar-refractivity contribution in [1.82, 2.24) is 29.5 Å². The lowest BCUT2D eigenvalue weighted by Gasteiger charge is -2.27. The van der Waals surface area contributed by atoms with E-state index in [0.717, 1.165) is 40.6 Å². The van der Waals surface area contributed by atoms with Crippen LogP contribution in [0.5, 0.6) is 0 Å². The summed E-state index contributed by atoms with van der Waals surface area (Å²) in [6, 6.07) is 6.59. The zero-order chi connectivity index (χ0) is 20.5. The fourth-order valence-electron chi connectivity index (χ4n) is 4.24. The highest BCUT2D eigenvalue weighted by atomic mass is 15.1. The molecular weight excluding hydrogens is 374 g/mol. The highest BCUT2D eigenvalue weighted by molar-refractivity contribution is 5.74. The van der Waals surface area contributed by atoms with Crippen molar-refractivity contribution in [3.63, 3.8) is 0 Å². The van der Waals surface area contributed by atoms with Crippen molar-refractivity contribution >= 4 is 17.2 Å². The highest BCUT2D eigenvalue weighted by Gasteiger charge is 2.14. The lowest BCUT2D eigenvalue weighted by molar-refractivity contribution is 0.220. The van der Waals surface area contributed by atoms with Gasteiger partial charge >= 0.3 is 0 Å². The van der Waals surface area contributed by atoms with E-state index in [1.165, 1.54) is 43.5 Å². The maximum atomic E-state index is 4.71. The molecule has 0 spiro atoms. The summed E-state index contributed by atoms with van der Waals surface area (Å²) in [5.41, 5.74) is 7.43. The fourth-order valence-corrected chi connectivity index (χ4v) is 4.24. The molecule has 0 bridgehead atoms. The summed E-state index contributed by atoms with van der Waals surface area (Å²) < 4.78 is 2.06. The molecule has 0 atom stereocenters.